The van der Waals surface area contributed by atoms with Crippen molar-refractivity contribution < 1.29 is 18.7 Å². The normalized spacial score (nSPS) is 11.5. The molecule has 0 spiro atoms. The maximum absolute atomic E-state index is 14.8. The highest BCUT2D eigenvalue weighted by Gasteiger charge is 2.24. The molecule has 3 aromatic rings. The van der Waals surface area contributed by atoms with Crippen LogP contribution in [0.4, 0.5) is 15.8 Å². The summed E-state index contributed by atoms with van der Waals surface area (Å²) in [6.45, 7) is 6.89. The number of para-hydroxylation sites is 2. The van der Waals surface area contributed by atoms with E-state index in [2.05, 4.69) is 23.3 Å². The van der Waals surface area contributed by atoms with Crippen molar-refractivity contribution in [3.8, 4) is 5.75 Å². The van der Waals surface area contributed by atoms with Crippen molar-refractivity contribution in [3.63, 3.8) is 0 Å². The number of carbonyl (C=O) groups excluding carboxylic acids is 2. The SMILES string of the molecule is CCc1cccnc1.CNc1ccc(/C(C)=C(C(=O)N(C)c2ccccc2OC)/C(C)=C\C(C)=O)c(F)c1. The number of rotatable bonds is 8. The number of ether oxygens (including phenoxy) is 1. The molecule has 7 heteroatoms. The second-order valence-electron chi connectivity index (χ2n) is 8.63. The Balaban J connectivity index is 0.000000538. The van der Waals surface area contributed by atoms with Gasteiger partial charge in [-0.25, -0.2) is 4.39 Å². The van der Waals surface area contributed by atoms with Crippen molar-refractivity contribution in [3.05, 3.63) is 101 Å². The van der Waals surface area contributed by atoms with E-state index in [1.54, 1.807) is 64.5 Å². The van der Waals surface area contributed by atoms with E-state index in [0.717, 1.165) is 6.42 Å². The molecule has 1 amide bonds. The van der Waals surface area contributed by atoms with Gasteiger partial charge in [-0.2, -0.15) is 0 Å². The van der Waals surface area contributed by atoms with E-state index in [9.17, 15) is 14.0 Å². The zero-order valence-corrected chi connectivity index (χ0v) is 23.1. The van der Waals surface area contributed by atoms with Crippen LogP contribution in [-0.2, 0) is 16.0 Å². The van der Waals surface area contributed by atoms with Crippen LogP contribution in [0.15, 0.2) is 84.2 Å². The third-order valence-electron chi connectivity index (χ3n) is 5.95. The number of allylic oxidation sites excluding steroid dienone is 2. The van der Waals surface area contributed by atoms with E-state index in [1.165, 1.54) is 36.6 Å². The van der Waals surface area contributed by atoms with Crippen LogP contribution in [0.3, 0.4) is 0 Å². The molecule has 0 saturated heterocycles. The number of aromatic nitrogens is 1. The molecule has 38 heavy (non-hydrogen) atoms. The zero-order chi connectivity index (χ0) is 28.2. The number of aryl methyl sites for hydroxylation is 1. The summed E-state index contributed by atoms with van der Waals surface area (Å²) in [5.74, 6) is -0.496. The summed E-state index contributed by atoms with van der Waals surface area (Å²) in [5.41, 5.74) is 3.95. The molecule has 0 saturated carbocycles. The quantitative estimate of drug-likeness (QED) is 0.273. The first-order valence-corrected chi connectivity index (χ1v) is 12.3. The number of ketones is 1. The average Bonchev–Trinajstić information content (AvgIpc) is 2.92. The number of benzene rings is 2. The first-order valence-electron chi connectivity index (χ1n) is 12.3. The molecule has 0 aliphatic carbocycles. The van der Waals surface area contributed by atoms with Crippen LogP contribution < -0.4 is 15.0 Å². The summed E-state index contributed by atoms with van der Waals surface area (Å²) in [5, 5.41) is 2.89. The van der Waals surface area contributed by atoms with Gasteiger partial charge in [-0.1, -0.05) is 25.1 Å². The topological polar surface area (TPSA) is 71.5 Å². The van der Waals surface area contributed by atoms with Gasteiger partial charge in [-0.3, -0.25) is 14.6 Å². The van der Waals surface area contributed by atoms with Crippen molar-refractivity contribution in [2.24, 2.45) is 0 Å². The standard InChI is InChI=1S/C24H27FN2O3.C7H9N/c1-15(13-16(2)28)23(17(3)19-12-11-18(26-4)14-20(19)25)24(29)27(5)21-9-7-8-10-22(21)30-6;1-2-7-4-3-5-8-6-7/h7-14,26H,1-6H3;3-6H,2H2,1H3/b15-13-,23-17-;. The second kappa shape index (κ2) is 14.5. The Hall–Kier alpha value is -4.26. The van der Waals surface area contributed by atoms with Crippen LogP contribution in [0.5, 0.6) is 5.75 Å². The molecule has 0 bridgehead atoms. The molecule has 6 nitrogen and oxygen atoms in total. The number of hydrogen-bond donors (Lipinski definition) is 1. The maximum atomic E-state index is 14.8. The summed E-state index contributed by atoms with van der Waals surface area (Å²) in [4.78, 5) is 30.6. The van der Waals surface area contributed by atoms with Crippen LogP contribution in [-0.4, -0.2) is 37.9 Å². The van der Waals surface area contributed by atoms with Gasteiger partial charge < -0.3 is 15.0 Å². The van der Waals surface area contributed by atoms with Crippen LogP contribution in [0, 0.1) is 5.82 Å². The lowest BCUT2D eigenvalue weighted by Gasteiger charge is -2.23. The van der Waals surface area contributed by atoms with Crippen LogP contribution in [0.25, 0.3) is 5.57 Å². The lowest BCUT2D eigenvalue weighted by Crippen LogP contribution is -2.29. The Morgan fingerprint density at radius 1 is 1.08 bits per heavy atom. The van der Waals surface area contributed by atoms with Crippen LogP contribution in [0.1, 0.15) is 38.8 Å². The van der Waals surface area contributed by atoms with Gasteiger partial charge in [0.25, 0.3) is 5.91 Å². The molecule has 3 rings (SSSR count). The molecule has 0 unspecified atom stereocenters. The summed E-state index contributed by atoms with van der Waals surface area (Å²) in [7, 11) is 4.85. The minimum atomic E-state index is -0.458. The molecule has 1 N–H and O–H groups in total. The zero-order valence-electron chi connectivity index (χ0n) is 23.1. The number of hydrogen-bond acceptors (Lipinski definition) is 5. The minimum Gasteiger partial charge on any atom is -0.495 e. The van der Waals surface area contributed by atoms with Crippen LogP contribution in [0.2, 0.25) is 0 Å². The summed E-state index contributed by atoms with van der Waals surface area (Å²) in [6.07, 6.45) is 6.14. The third-order valence-corrected chi connectivity index (χ3v) is 5.95. The predicted molar refractivity (Wildman–Crippen MR) is 153 cm³/mol. The number of carbonyl (C=O) groups is 2. The largest absolute Gasteiger partial charge is 0.495 e. The van der Waals surface area contributed by atoms with Gasteiger partial charge >= 0.3 is 0 Å². The monoisotopic (exact) mass is 517 g/mol. The van der Waals surface area contributed by atoms with Crippen molar-refractivity contribution >= 4 is 28.6 Å². The van der Waals surface area contributed by atoms with E-state index in [4.69, 9.17) is 4.74 Å². The van der Waals surface area contributed by atoms with E-state index in [-0.39, 0.29) is 17.3 Å². The van der Waals surface area contributed by atoms with E-state index >= 15 is 0 Å². The Kier molecular flexibility index (Phi) is 11.4. The van der Waals surface area contributed by atoms with Crippen LogP contribution >= 0.6 is 0 Å². The predicted octanol–water partition coefficient (Wildman–Crippen LogP) is 6.49. The maximum Gasteiger partial charge on any atom is 0.258 e. The number of nitrogens with one attached hydrogen (secondary N) is 1. The molecule has 2 aromatic carbocycles. The molecule has 1 heterocycles. The van der Waals surface area contributed by atoms with E-state index < -0.39 is 5.82 Å². The highest BCUT2D eigenvalue weighted by molar-refractivity contribution is 6.14. The number of nitrogens with zero attached hydrogens (tertiary/aromatic N) is 2. The molecule has 1 aromatic heterocycles. The van der Waals surface area contributed by atoms with Gasteiger partial charge in [-0.15, -0.1) is 0 Å². The number of anilines is 2. The molecule has 200 valence electrons. The van der Waals surface area contributed by atoms with E-state index in [0.29, 0.717) is 33.8 Å². The van der Waals surface area contributed by atoms with Gasteiger partial charge in [0, 0.05) is 43.3 Å². The molecule has 0 aliphatic rings. The Morgan fingerprint density at radius 3 is 2.32 bits per heavy atom. The number of pyridine rings is 1. The molecule has 0 fully saturated rings. The number of methoxy groups -OCH3 is 1. The number of amides is 1. The average molecular weight is 518 g/mol. The smallest absolute Gasteiger partial charge is 0.258 e. The van der Waals surface area contributed by atoms with Gasteiger partial charge in [0.2, 0.25) is 0 Å². The van der Waals surface area contributed by atoms with Gasteiger partial charge in [0.05, 0.1) is 12.8 Å². The van der Waals surface area contributed by atoms with Gasteiger partial charge in [0.15, 0.2) is 5.78 Å². The fourth-order valence-electron chi connectivity index (χ4n) is 3.90. The first kappa shape index (κ1) is 30.0. The third kappa shape index (κ3) is 7.87. The lowest BCUT2D eigenvalue weighted by molar-refractivity contribution is -0.114. The minimum absolute atomic E-state index is 0.198. The fraction of sp³-hybridized carbons (Fsp3) is 0.258. The van der Waals surface area contributed by atoms with Crippen molar-refractivity contribution in [2.75, 3.05) is 31.4 Å². The molecule has 0 radical (unpaired) electrons. The fourth-order valence-corrected chi connectivity index (χ4v) is 3.90. The lowest BCUT2D eigenvalue weighted by atomic mass is 9.94. The summed E-state index contributed by atoms with van der Waals surface area (Å²) in [6, 6.07) is 15.9. The molecular weight excluding hydrogens is 481 g/mol. The molecule has 0 aliphatic heterocycles. The Bertz CT molecular complexity index is 1320. The molecular formula is C31H36FN3O3. The van der Waals surface area contributed by atoms with Crippen molar-refractivity contribution in [2.45, 2.75) is 34.1 Å². The summed E-state index contributed by atoms with van der Waals surface area (Å²) < 4.78 is 20.1. The van der Waals surface area contributed by atoms with Crippen molar-refractivity contribution in [1.29, 1.82) is 0 Å². The highest BCUT2D eigenvalue weighted by atomic mass is 19.1. The molecule has 0 atom stereocenters. The van der Waals surface area contributed by atoms with Gasteiger partial charge in [-0.05, 0) is 86.4 Å². The Morgan fingerprint density at radius 2 is 1.79 bits per heavy atom. The summed E-state index contributed by atoms with van der Waals surface area (Å²) >= 11 is 0. The van der Waals surface area contributed by atoms with Crippen molar-refractivity contribution in [1.82, 2.24) is 4.98 Å². The van der Waals surface area contributed by atoms with Gasteiger partial charge in [0.1, 0.15) is 11.6 Å². The Labute approximate surface area is 224 Å². The highest BCUT2D eigenvalue weighted by Crippen LogP contribution is 2.32. The number of likely N-dealkylation sites (N-methyl/N-ethyl adjacent to an activating group) is 1. The first-order chi connectivity index (χ1) is 18.1. The number of halogens is 1. The second-order valence-corrected chi connectivity index (χ2v) is 8.63. The van der Waals surface area contributed by atoms with E-state index in [1.807, 2.05) is 18.3 Å².